The zero-order chi connectivity index (χ0) is 13.5. The van der Waals surface area contributed by atoms with Gasteiger partial charge in [-0.1, -0.05) is 17.3 Å². The molecule has 98 valence electrons. The van der Waals surface area contributed by atoms with Gasteiger partial charge in [0.1, 0.15) is 0 Å². The molecule has 0 fully saturated rings. The number of hydrogen-bond donors (Lipinski definition) is 1. The highest BCUT2D eigenvalue weighted by Gasteiger charge is 2.02. The number of halogens is 1. The first-order valence-electron chi connectivity index (χ1n) is 5.48. The lowest BCUT2D eigenvalue weighted by Crippen LogP contribution is -2.16. The fraction of sp³-hybridized carbons (Fsp3) is 0.0769. The Morgan fingerprint density at radius 2 is 2.32 bits per heavy atom. The van der Waals surface area contributed by atoms with Crippen LogP contribution >= 0.6 is 33.9 Å². The minimum atomic E-state index is -0.231. The molecule has 6 heteroatoms. The summed E-state index contributed by atoms with van der Waals surface area (Å²) >= 11 is 3.74. The van der Waals surface area contributed by atoms with E-state index < -0.39 is 0 Å². The zero-order valence-corrected chi connectivity index (χ0v) is 12.8. The number of thiophene rings is 1. The van der Waals surface area contributed by atoms with Crippen LogP contribution in [0.25, 0.3) is 0 Å². The van der Waals surface area contributed by atoms with E-state index in [0.717, 1.165) is 14.1 Å². The summed E-state index contributed by atoms with van der Waals surface area (Å²) in [6.07, 6.45) is 1.59. The first-order valence-corrected chi connectivity index (χ1v) is 7.44. The lowest BCUT2D eigenvalue weighted by atomic mass is 10.3. The fourth-order valence-corrected chi connectivity index (χ4v) is 2.43. The predicted octanol–water partition coefficient (Wildman–Crippen LogP) is 3.34. The monoisotopic (exact) mass is 386 g/mol. The number of benzene rings is 1. The van der Waals surface area contributed by atoms with Crippen molar-refractivity contribution in [2.45, 2.75) is 0 Å². The Bertz CT molecular complexity index is 570. The summed E-state index contributed by atoms with van der Waals surface area (Å²) in [5, 5.41) is 8.42. The number of amides is 1. The number of hydrogen-bond acceptors (Lipinski definition) is 4. The van der Waals surface area contributed by atoms with E-state index in [1.807, 2.05) is 41.8 Å². The number of oxime groups is 1. The average molecular weight is 386 g/mol. The molecule has 0 aliphatic rings. The summed E-state index contributed by atoms with van der Waals surface area (Å²) in [7, 11) is 0. The van der Waals surface area contributed by atoms with Gasteiger partial charge in [0, 0.05) is 14.1 Å². The standard InChI is InChI=1S/C13H11IN2O2S/c14-10-3-1-4-11(7-10)16-13(17)9-18-15-8-12-5-2-6-19-12/h1-8H,9H2,(H,16,17)/b15-8+. The van der Waals surface area contributed by atoms with E-state index in [-0.39, 0.29) is 12.5 Å². The molecule has 1 aromatic carbocycles. The van der Waals surface area contributed by atoms with Crippen molar-refractivity contribution >= 4 is 51.7 Å². The van der Waals surface area contributed by atoms with Gasteiger partial charge in [-0.2, -0.15) is 0 Å². The average Bonchev–Trinajstić information content (AvgIpc) is 2.88. The highest BCUT2D eigenvalue weighted by molar-refractivity contribution is 14.1. The van der Waals surface area contributed by atoms with Gasteiger partial charge in [-0.25, -0.2) is 0 Å². The molecule has 0 aliphatic carbocycles. The van der Waals surface area contributed by atoms with E-state index in [4.69, 9.17) is 4.84 Å². The van der Waals surface area contributed by atoms with E-state index in [9.17, 15) is 4.79 Å². The molecule has 0 bridgehead atoms. The summed E-state index contributed by atoms with van der Waals surface area (Å²) in [4.78, 5) is 17.5. The van der Waals surface area contributed by atoms with Gasteiger partial charge in [-0.05, 0) is 52.2 Å². The Morgan fingerprint density at radius 3 is 3.05 bits per heavy atom. The minimum Gasteiger partial charge on any atom is -0.386 e. The summed E-state index contributed by atoms with van der Waals surface area (Å²) in [6, 6.07) is 11.4. The molecule has 4 nitrogen and oxygen atoms in total. The van der Waals surface area contributed by atoms with Crippen LogP contribution in [0.3, 0.4) is 0 Å². The van der Waals surface area contributed by atoms with Crippen molar-refractivity contribution in [2.24, 2.45) is 5.16 Å². The molecule has 2 rings (SSSR count). The number of carbonyl (C=O) groups is 1. The summed E-state index contributed by atoms with van der Waals surface area (Å²) in [5.41, 5.74) is 0.753. The van der Waals surface area contributed by atoms with Crippen LogP contribution in [0.1, 0.15) is 4.88 Å². The third-order valence-corrected chi connectivity index (χ3v) is 3.58. The third kappa shape index (κ3) is 4.99. The Labute approximate surface area is 128 Å². The van der Waals surface area contributed by atoms with Gasteiger partial charge in [-0.15, -0.1) is 11.3 Å². The maximum Gasteiger partial charge on any atom is 0.265 e. The van der Waals surface area contributed by atoms with Crippen molar-refractivity contribution in [3.05, 3.63) is 50.2 Å². The van der Waals surface area contributed by atoms with Crippen molar-refractivity contribution in [3.8, 4) is 0 Å². The van der Waals surface area contributed by atoms with Gasteiger partial charge >= 0.3 is 0 Å². The Kier molecular flexibility index (Phi) is 5.34. The number of anilines is 1. The van der Waals surface area contributed by atoms with Gasteiger partial charge in [-0.3, -0.25) is 4.79 Å². The van der Waals surface area contributed by atoms with Crippen LogP contribution in [-0.2, 0) is 9.63 Å². The first-order chi connectivity index (χ1) is 9.24. The number of nitrogens with one attached hydrogen (secondary N) is 1. The number of rotatable bonds is 5. The van der Waals surface area contributed by atoms with Crippen LogP contribution in [0.2, 0.25) is 0 Å². The molecule has 0 aliphatic heterocycles. The molecule has 0 atom stereocenters. The summed E-state index contributed by atoms with van der Waals surface area (Å²) < 4.78 is 1.06. The molecule has 1 amide bonds. The maximum absolute atomic E-state index is 11.6. The van der Waals surface area contributed by atoms with Gasteiger partial charge < -0.3 is 10.2 Å². The highest BCUT2D eigenvalue weighted by Crippen LogP contribution is 2.12. The van der Waals surface area contributed by atoms with E-state index in [1.54, 1.807) is 17.6 Å². The molecule has 19 heavy (non-hydrogen) atoms. The summed E-state index contributed by atoms with van der Waals surface area (Å²) in [5.74, 6) is -0.231. The van der Waals surface area contributed by atoms with Crippen LogP contribution in [0, 0.1) is 3.57 Å². The first kappa shape index (κ1) is 14.0. The maximum atomic E-state index is 11.6. The number of carbonyl (C=O) groups excluding carboxylic acids is 1. The van der Waals surface area contributed by atoms with E-state index >= 15 is 0 Å². The number of nitrogens with zero attached hydrogens (tertiary/aromatic N) is 1. The quantitative estimate of drug-likeness (QED) is 0.487. The van der Waals surface area contributed by atoms with Crippen molar-refractivity contribution in [1.29, 1.82) is 0 Å². The molecule has 0 radical (unpaired) electrons. The largest absolute Gasteiger partial charge is 0.386 e. The lowest BCUT2D eigenvalue weighted by molar-refractivity contribution is -0.120. The smallest absolute Gasteiger partial charge is 0.265 e. The van der Waals surface area contributed by atoms with Gasteiger partial charge in [0.15, 0.2) is 6.61 Å². The Morgan fingerprint density at radius 1 is 1.42 bits per heavy atom. The van der Waals surface area contributed by atoms with Crippen molar-refractivity contribution in [2.75, 3.05) is 11.9 Å². The van der Waals surface area contributed by atoms with Crippen LogP contribution in [0.15, 0.2) is 46.9 Å². The summed E-state index contributed by atoms with van der Waals surface area (Å²) in [6.45, 7) is -0.104. The van der Waals surface area contributed by atoms with Gasteiger partial charge in [0.25, 0.3) is 5.91 Å². The van der Waals surface area contributed by atoms with Crippen LogP contribution in [0.4, 0.5) is 5.69 Å². The molecule has 0 unspecified atom stereocenters. The molecule has 0 saturated carbocycles. The zero-order valence-electron chi connectivity index (χ0n) is 9.88. The molecule has 1 N–H and O–H groups in total. The second kappa shape index (κ2) is 7.25. The second-order valence-electron chi connectivity index (χ2n) is 3.58. The lowest BCUT2D eigenvalue weighted by Gasteiger charge is -2.04. The van der Waals surface area contributed by atoms with Crippen LogP contribution < -0.4 is 5.32 Å². The van der Waals surface area contributed by atoms with Crippen molar-refractivity contribution in [1.82, 2.24) is 0 Å². The third-order valence-electron chi connectivity index (χ3n) is 2.10. The molecular weight excluding hydrogens is 375 g/mol. The normalized spacial score (nSPS) is 10.6. The molecular formula is C13H11IN2O2S. The molecule has 0 spiro atoms. The molecule has 1 aromatic heterocycles. The van der Waals surface area contributed by atoms with Crippen LogP contribution in [0.5, 0.6) is 0 Å². The van der Waals surface area contributed by atoms with E-state index in [2.05, 4.69) is 33.1 Å². The molecule has 2 aromatic rings. The van der Waals surface area contributed by atoms with Gasteiger partial charge in [0.2, 0.25) is 0 Å². The van der Waals surface area contributed by atoms with Crippen molar-refractivity contribution in [3.63, 3.8) is 0 Å². The van der Waals surface area contributed by atoms with E-state index in [1.165, 1.54) is 0 Å². The predicted molar refractivity (Wildman–Crippen MR) is 85.7 cm³/mol. The molecule has 1 heterocycles. The highest BCUT2D eigenvalue weighted by atomic mass is 127. The SMILES string of the molecule is O=C(CO/N=C/c1cccs1)Nc1cccc(I)c1. The molecule has 0 saturated heterocycles. The topological polar surface area (TPSA) is 50.7 Å². The van der Waals surface area contributed by atoms with Crippen LogP contribution in [-0.4, -0.2) is 18.7 Å². The van der Waals surface area contributed by atoms with Gasteiger partial charge in [0.05, 0.1) is 6.21 Å². The fourth-order valence-electron chi connectivity index (χ4n) is 1.31. The van der Waals surface area contributed by atoms with E-state index in [0.29, 0.717) is 0 Å². The Balaban J connectivity index is 1.76. The second-order valence-corrected chi connectivity index (χ2v) is 5.81. The van der Waals surface area contributed by atoms with Crippen molar-refractivity contribution < 1.29 is 9.63 Å². The Hall–Kier alpha value is -1.41. The minimum absolute atomic E-state index is 0.104.